The quantitative estimate of drug-likeness (QED) is 0.358. The topological polar surface area (TPSA) is 103 Å². The molecule has 2 aromatic rings. The van der Waals surface area contributed by atoms with E-state index in [1.54, 1.807) is 50.5 Å². The van der Waals surface area contributed by atoms with Gasteiger partial charge in [-0.05, 0) is 49.3 Å². The van der Waals surface area contributed by atoms with Crippen molar-refractivity contribution in [3.8, 4) is 0 Å². The van der Waals surface area contributed by atoms with E-state index in [9.17, 15) is 4.79 Å². The van der Waals surface area contributed by atoms with Gasteiger partial charge in [-0.25, -0.2) is 9.97 Å². The van der Waals surface area contributed by atoms with Crippen molar-refractivity contribution in [1.82, 2.24) is 25.9 Å². The number of hydrogen-bond donors (Lipinski definition) is 4. The first-order valence-electron chi connectivity index (χ1n) is 8.81. The smallest absolute Gasteiger partial charge is 0.273 e. The summed E-state index contributed by atoms with van der Waals surface area (Å²) >= 11 is 12.0. The molecule has 1 heterocycles. The van der Waals surface area contributed by atoms with Crippen LogP contribution in [0.15, 0.2) is 59.8 Å². The third kappa shape index (κ3) is 6.89. The summed E-state index contributed by atoms with van der Waals surface area (Å²) in [6.07, 6.45) is 6.11. The summed E-state index contributed by atoms with van der Waals surface area (Å²) in [5.41, 5.74) is 1.67. The lowest BCUT2D eigenvalue weighted by Crippen LogP contribution is -2.36. The van der Waals surface area contributed by atoms with E-state index in [1.165, 1.54) is 0 Å². The summed E-state index contributed by atoms with van der Waals surface area (Å²) in [7, 11) is 0. The molecule has 0 radical (unpaired) electrons. The Morgan fingerprint density at radius 2 is 1.86 bits per heavy atom. The van der Waals surface area contributed by atoms with Crippen LogP contribution in [0.25, 0.3) is 0 Å². The van der Waals surface area contributed by atoms with Gasteiger partial charge in [-0.15, -0.1) is 0 Å². The van der Waals surface area contributed by atoms with Gasteiger partial charge in [0, 0.05) is 25.2 Å². The minimum Gasteiger partial charge on any atom is -0.373 e. The third-order valence-electron chi connectivity index (χ3n) is 3.88. The van der Waals surface area contributed by atoms with E-state index in [1.807, 2.05) is 6.07 Å². The van der Waals surface area contributed by atoms with E-state index in [0.717, 1.165) is 11.8 Å². The number of halogens is 2. The van der Waals surface area contributed by atoms with Crippen LogP contribution in [0.3, 0.4) is 0 Å². The van der Waals surface area contributed by atoms with Crippen molar-refractivity contribution in [3.05, 3.63) is 81.3 Å². The van der Waals surface area contributed by atoms with E-state index < -0.39 is 0 Å². The second-order valence-corrected chi connectivity index (χ2v) is 6.79. The van der Waals surface area contributed by atoms with Gasteiger partial charge in [-0.1, -0.05) is 29.3 Å². The number of carbonyl (C=O) groups is 1. The van der Waals surface area contributed by atoms with Gasteiger partial charge in [0.05, 0.1) is 16.6 Å². The van der Waals surface area contributed by atoms with Crippen molar-refractivity contribution in [1.29, 1.82) is 5.41 Å². The molecule has 0 spiro atoms. The molecule has 152 valence electrons. The Morgan fingerprint density at radius 1 is 1.14 bits per heavy atom. The third-order valence-corrected chi connectivity index (χ3v) is 4.62. The Morgan fingerprint density at radius 3 is 2.48 bits per heavy atom. The molecule has 0 atom stereocenters. The zero-order valence-corrected chi connectivity index (χ0v) is 17.6. The zero-order valence-electron chi connectivity index (χ0n) is 16.1. The molecule has 0 unspecified atom stereocenters. The standard InChI is InChI=1S/C20H22Cl2N6O/c1-3-17(26-11-14-5-6-15(21)16(22)9-14)28-20(29)19(13(2)10-23)27-12-18-24-7-4-8-25-18/h3-10,23,26-27H,11-12H2,1-2H3,(H,28,29)/b17-3?,19-13-,23-10?. The molecule has 2 rings (SSSR count). The maximum absolute atomic E-state index is 12.7. The van der Waals surface area contributed by atoms with Gasteiger partial charge in [0.25, 0.3) is 5.91 Å². The Hall–Kier alpha value is -2.90. The van der Waals surface area contributed by atoms with Crippen LogP contribution >= 0.6 is 23.2 Å². The molecule has 1 aromatic heterocycles. The van der Waals surface area contributed by atoms with E-state index in [-0.39, 0.29) is 18.1 Å². The lowest BCUT2D eigenvalue weighted by molar-refractivity contribution is -0.117. The van der Waals surface area contributed by atoms with Crippen LogP contribution < -0.4 is 16.0 Å². The molecule has 9 heteroatoms. The number of benzene rings is 1. The molecule has 0 bridgehead atoms. The number of rotatable bonds is 9. The maximum atomic E-state index is 12.7. The molecule has 0 saturated carbocycles. The van der Waals surface area contributed by atoms with Crippen molar-refractivity contribution in [3.63, 3.8) is 0 Å². The molecule has 4 N–H and O–H groups in total. The van der Waals surface area contributed by atoms with Crippen molar-refractivity contribution in [2.45, 2.75) is 26.9 Å². The first-order chi connectivity index (χ1) is 13.9. The number of amides is 1. The van der Waals surface area contributed by atoms with Gasteiger partial charge in [0.2, 0.25) is 0 Å². The normalized spacial score (nSPS) is 12.1. The fourth-order valence-electron chi connectivity index (χ4n) is 2.31. The van der Waals surface area contributed by atoms with Crippen molar-refractivity contribution in [2.24, 2.45) is 0 Å². The lowest BCUT2D eigenvalue weighted by Gasteiger charge is -2.16. The van der Waals surface area contributed by atoms with Crippen LogP contribution in [0.4, 0.5) is 0 Å². The highest BCUT2D eigenvalue weighted by molar-refractivity contribution is 6.42. The van der Waals surface area contributed by atoms with Crippen LogP contribution in [0.5, 0.6) is 0 Å². The number of nitrogens with one attached hydrogen (secondary N) is 4. The minimum absolute atomic E-state index is 0.261. The summed E-state index contributed by atoms with van der Waals surface area (Å²) in [6, 6.07) is 7.05. The van der Waals surface area contributed by atoms with Crippen LogP contribution in [0.1, 0.15) is 25.2 Å². The number of allylic oxidation sites excluding steroid dienone is 2. The molecular weight excluding hydrogens is 411 g/mol. The van der Waals surface area contributed by atoms with Crippen LogP contribution in [-0.4, -0.2) is 22.1 Å². The summed E-state index contributed by atoms with van der Waals surface area (Å²) in [4.78, 5) is 21.0. The highest BCUT2D eigenvalue weighted by Crippen LogP contribution is 2.22. The summed E-state index contributed by atoms with van der Waals surface area (Å²) in [6.45, 7) is 4.19. The van der Waals surface area contributed by atoms with Gasteiger partial charge in [-0.2, -0.15) is 0 Å². The van der Waals surface area contributed by atoms with E-state index in [2.05, 4.69) is 25.9 Å². The van der Waals surface area contributed by atoms with E-state index in [0.29, 0.717) is 33.8 Å². The average molecular weight is 433 g/mol. The predicted octanol–water partition coefficient (Wildman–Crippen LogP) is 3.56. The first kappa shape index (κ1) is 22.4. The Labute approximate surface area is 179 Å². The molecule has 0 fully saturated rings. The number of hydrogen-bond acceptors (Lipinski definition) is 6. The van der Waals surface area contributed by atoms with Gasteiger partial charge >= 0.3 is 0 Å². The largest absolute Gasteiger partial charge is 0.373 e. The van der Waals surface area contributed by atoms with Gasteiger partial charge < -0.3 is 21.4 Å². The molecular formula is C20H22Cl2N6O. The molecule has 29 heavy (non-hydrogen) atoms. The molecule has 1 amide bonds. The highest BCUT2D eigenvalue weighted by atomic mass is 35.5. The molecule has 0 aliphatic carbocycles. The molecule has 1 aromatic carbocycles. The summed E-state index contributed by atoms with van der Waals surface area (Å²) in [5, 5.41) is 17.4. The summed E-state index contributed by atoms with van der Waals surface area (Å²) < 4.78 is 0. The highest BCUT2D eigenvalue weighted by Gasteiger charge is 2.14. The average Bonchev–Trinajstić information content (AvgIpc) is 2.74. The molecule has 0 aliphatic heterocycles. The second-order valence-electron chi connectivity index (χ2n) is 5.98. The van der Waals surface area contributed by atoms with E-state index in [4.69, 9.17) is 28.6 Å². The molecule has 7 nitrogen and oxygen atoms in total. The maximum Gasteiger partial charge on any atom is 0.273 e. The van der Waals surface area contributed by atoms with Crippen molar-refractivity contribution in [2.75, 3.05) is 0 Å². The van der Waals surface area contributed by atoms with Crippen molar-refractivity contribution >= 4 is 35.3 Å². The fourth-order valence-corrected chi connectivity index (χ4v) is 2.63. The number of aromatic nitrogens is 2. The molecule has 0 saturated heterocycles. The SMILES string of the molecule is CC=C(NCc1ccc(Cl)c(Cl)c1)NC(=O)/C(NCc1ncccn1)=C(\C)C=N. The Bertz CT molecular complexity index is 928. The number of nitrogens with zero attached hydrogens (tertiary/aromatic N) is 2. The Kier molecular flexibility index (Phi) is 8.64. The number of carbonyl (C=O) groups excluding carboxylic acids is 1. The second kappa shape index (κ2) is 11.2. The van der Waals surface area contributed by atoms with Gasteiger partial charge in [0.15, 0.2) is 0 Å². The van der Waals surface area contributed by atoms with Crippen LogP contribution in [-0.2, 0) is 17.9 Å². The van der Waals surface area contributed by atoms with Crippen LogP contribution in [0.2, 0.25) is 10.0 Å². The summed E-state index contributed by atoms with van der Waals surface area (Å²) in [5.74, 6) is 0.686. The minimum atomic E-state index is -0.378. The van der Waals surface area contributed by atoms with Crippen LogP contribution in [0, 0.1) is 5.41 Å². The fraction of sp³-hybridized carbons (Fsp3) is 0.200. The molecule has 0 aliphatic rings. The van der Waals surface area contributed by atoms with Crippen molar-refractivity contribution < 1.29 is 4.79 Å². The van der Waals surface area contributed by atoms with Gasteiger partial charge in [-0.3, -0.25) is 4.79 Å². The van der Waals surface area contributed by atoms with Gasteiger partial charge in [0.1, 0.15) is 17.3 Å². The zero-order chi connectivity index (χ0) is 21.2. The first-order valence-corrected chi connectivity index (χ1v) is 9.56. The monoisotopic (exact) mass is 432 g/mol. The Balaban J connectivity index is 2.02. The predicted molar refractivity (Wildman–Crippen MR) is 116 cm³/mol. The lowest BCUT2D eigenvalue weighted by atomic mass is 10.2. The van der Waals surface area contributed by atoms with E-state index >= 15 is 0 Å².